The van der Waals surface area contributed by atoms with E-state index in [9.17, 15) is 9.59 Å². The highest BCUT2D eigenvalue weighted by atomic mass is 16.7. The number of carbonyl (C=O) groups excluding carboxylic acids is 2. The molecule has 0 aromatic heterocycles. The van der Waals surface area contributed by atoms with Crippen LogP contribution >= 0.6 is 0 Å². The van der Waals surface area contributed by atoms with E-state index in [1.165, 1.54) is 0 Å². The molecule has 0 saturated heterocycles. The molecule has 2 rings (SSSR count). The van der Waals surface area contributed by atoms with Gasteiger partial charge < -0.3 is 14.9 Å². The number of nitrogens with one attached hydrogen (secondary N) is 2. The second-order valence-corrected chi connectivity index (χ2v) is 6.43. The Morgan fingerprint density at radius 1 is 0.750 bits per heavy atom. The number of unbranched alkanes of at least 4 members (excludes halogenated alkanes) is 3. The van der Waals surface area contributed by atoms with E-state index in [4.69, 9.17) is 9.57 Å². The summed E-state index contributed by atoms with van der Waals surface area (Å²) in [4.78, 5) is 28.3. The number of ether oxygens (including phenoxy) is 1. The first-order valence-corrected chi connectivity index (χ1v) is 9.65. The Kier molecular flexibility index (Phi) is 10.2. The van der Waals surface area contributed by atoms with Gasteiger partial charge in [0.1, 0.15) is 6.61 Å². The number of amides is 1. The lowest BCUT2D eigenvalue weighted by Gasteiger charge is -2.07. The van der Waals surface area contributed by atoms with Gasteiger partial charge in [-0.2, -0.15) is 5.48 Å². The van der Waals surface area contributed by atoms with E-state index in [0.717, 1.165) is 36.8 Å². The van der Waals surface area contributed by atoms with Gasteiger partial charge in [0, 0.05) is 13.1 Å². The SMILES string of the molecule is O=C(Cc1ccccc1)ONCCCCCCNC(=O)OCc1ccccc1. The summed E-state index contributed by atoms with van der Waals surface area (Å²) in [6.07, 6.45) is 3.63. The summed E-state index contributed by atoms with van der Waals surface area (Å²) in [6.45, 7) is 1.49. The van der Waals surface area contributed by atoms with E-state index < -0.39 is 6.09 Å². The average Bonchev–Trinajstić information content (AvgIpc) is 2.72. The highest BCUT2D eigenvalue weighted by molar-refractivity contribution is 5.72. The second kappa shape index (κ2) is 13.3. The van der Waals surface area contributed by atoms with E-state index in [1.807, 2.05) is 60.7 Å². The predicted molar refractivity (Wildman–Crippen MR) is 107 cm³/mol. The summed E-state index contributed by atoms with van der Waals surface area (Å²) < 4.78 is 5.14. The largest absolute Gasteiger partial charge is 0.445 e. The normalized spacial score (nSPS) is 10.3. The van der Waals surface area contributed by atoms with Crippen molar-refractivity contribution in [2.45, 2.75) is 38.7 Å². The monoisotopic (exact) mass is 384 g/mol. The van der Waals surface area contributed by atoms with Crippen LogP contribution in [0.1, 0.15) is 36.8 Å². The summed E-state index contributed by atoms with van der Waals surface area (Å²) in [6, 6.07) is 19.1. The van der Waals surface area contributed by atoms with Gasteiger partial charge >= 0.3 is 12.1 Å². The molecule has 0 bridgehead atoms. The van der Waals surface area contributed by atoms with Gasteiger partial charge in [-0.15, -0.1) is 0 Å². The molecule has 1 amide bonds. The Morgan fingerprint density at radius 3 is 2.04 bits per heavy atom. The lowest BCUT2D eigenvalue weighted by atomic mass is 10.2. The van der Waals surface area contributed by atoms with Crippen molar-refractivity contribution in [3.05, 3.63) is 71.8 Å². The van der Waals surface area contributed by atoms with Gasteiger partial charge in [-0.3, -0.25) is 4.79 Å². The van der Waals surface area contributed by atoms with Crippen molar-refractivity contribution in [2.75, 3.05) is 13.1 Å². The van der Waals surface area contributed by atoms with Gasteiger partial charge in [0.15, 0.2) is 0 Å². The maximum atomic E-state index is 11.7. The number of carbonyl (C=O) groups is 2. The van der Waals surface area contributed by atoms with Gasteiger partial charge in [-0.1, -0.05) is 73.5 Å². The maximum Gasteiger partial charge on any atom is 0.407 e. The van der Waals surface area contributed by atoms with Gasteiger partial charge in [-0.05, 0) is 24.0 Å². The zero-order valence-corrected chi connectivity index (χ0v) is 16.1. The van der Waals surface area contributed by atoms with Crippen LogP contribution in [0.15, 0.2) is 60.7 Å². The number of benzene rings is 2. The molecule has 0 spiro atoms. The first kappa shape index (κ1) is 21.4. The molecule has 0 fully saturated rings. The van der Waals surface area contributed by atoms with Crippen LogP contribution in [0.2, 0.25) is 0 Å². The third kappa shape index (κ3) is 9.73. The van der Waals surface area contributed by atoms with E-state index >= 15 is 0 Å². The molecule has 0 atom stereocenters. The number of hydroxylamine groups is 1. The highest BCUT2D eigenvalue weighted by Gasteiger charge is 2.04. The molecule has 0 aliphatic rings. The molecule has 6 heteroatoms. The summed E-state index contributed by atoms with van der Waals surface area (Å²) >= 11 is 0. The molecule has 0 radical (unpaired) electrons. The third-order valence-corrected chi connectivity index (χ3v) is 4.06. The van der Waals surface area contributed by atoms with Crippen LogP contribution in [0.25, 0.3) is 0 Å². The number of rotatable bonds is 12. The van der Waals surface area contributed by atoms with Crippen LogP contribution in [-0.2, 0) is 27.4 Å². The van der Waals surface area contributed by atoms with Gasteiger partial charge in [0.05, 0.1) is 6.42 Å². The minimum atomic E-state index is -0.393. The first-order chi connectivity index (χ1) is 13.7. The molecule has 2 aromatic carbocycles. The van der Waals surface area contributed by atoms with Gasteiger partial charge in [0.25, 0.3) is 0 Å². The lowest BCUT2D eigenvalue weighted by molar-refractivity contribution is -0.150. The van der Waals surface area contributed by atoms with Crippen molar-refractivity contribution in [3.8, 4) is 0 Å². The fourth-order valence-corrected chi connectivity index (χ4v) is 2.57. The third-order valence-electron chi connectivity index (χ3n) is 4.06. The van der Waals surface area contributed by atoms with Crippen LogP contribution in [0.5, 0.6) is 0 Å². The summed E-state index contributed by atoms with van der Waals surface area (Å²) in [5.41, 5.74) is 4.61. The van der Waals surface area contributed by atoms with Crippen molar-refractivity contribution >= 4 is 12.1 Å². The summed E-state index contributed by atoms with van der Waals surface area (Å²) in [5.74, 6) is -0.288. The van der Waals surface area contributed by atoms with E-state index in [0.29, 0.717) is 13.1 Å². The molecular weight excluding hydrogens is 356 g/mol. The quantitative estimate of drug-likeness (QED) is 0.430. The fraction of sp³-hybridized carbons (Fsp3) is 0.364. The summed E-state index contributed by atoms with van der Waals surface area (Å²) in [7, 11) is 0. The van der Waals surface area contributed by atoms with Gasteiger partial charge in [0.2, 0.25) is 0 Å². The molecule has 0 aliphatic carbocycles. The van der Waals surface area contributed by atoms with Crippen molar-refractivity contribution in [1.82, 2.24) is 10.8 Å². The van der Waals surface area contributed by atoms with Crippen LogP contribution in [0.3, 0.4) is 0 Å². The predicted octanol–water partition coefficient (Wildman–Crippen LogP) is 3.76. The Bertz CT molecular complexity index is 692. The van der Waals surface area contributed by atoms with Gasteiger partial charge in [-0.25, -0.2) is 4.79 Å². The number of alkyl carbamates (subject to hydrolysis) is 1. The average molecular weight is 384 g/mol. The van der Waals surface area contributed by atoms with Crippen LogP contribution < -0.4 is 10.8 Å². The number of hydrogen-bond acceptors (Lipinski definition) is 5. The zero-order valence-electron chi connectivity index (χ0n) is 16.1. The minimum Gasteiger partial charge on any atom is -0.445 e. The Labute approximate surface area is 166 Å². The van der Waals surface area contributed by atoms with Crippen LogP contribution in [-0.4, -0.2) is 25.2 Å². The highest BCUT2D eigenvalue weighted by Crippen LogP contribution is 2.02. The fourth-order valence-electron chi connectivity index (χ4n) is 2.57. The van der Waals surface area contributed by atoms with E-state index in [1.54, 1.807) is 0 Å². The molecule has 0 aliphatic heterocycles. The van der Waals surface area contributed by atoms with E-state index in [-0.39, 0.29) is 19.0 Å². The molecule has 2 aromatic rings. The molecule has 0 heterocycles. The lowest BCUT2D eigenvalue weighted by Crippen LogP contribution is -2.25. The molecule has 28 heavy (non-hydrogen) atoms. The van der Waals surface area contributed by atoms with Crippen molar-refractivity contribution in [2.24, 2.45) is 0 Å². The Balaban J connectivity index is 1.38. The maximum absolute atomic E-state index is 11.7. The van der Waals surface area contributed by atoms with Crippen molar-refractivity contribution in [3.63, 3.8) is 0 Å². The Hall–Kier alpha value is -2.86. The Morgan fingerprint density at radius 2 is 1.36 bits per heavy atom. The molecular formula is C22H28N2O4. The topological polar surface area (TPSA) is 76.7 Å². The molecule has 0 unspecified atom stereocenters. The first-order valence-electron chi connectivity index (χ1n) is 9.65. The van der Waals surface area contributed by atoms with Crippen molar-refractivity contribution < 1.29 is 19.2 Å². The standard InChI is InChI=1S/C22H28N2O4/c25-21(17-19-11-5-3-6-12-19)28-24-16-10-2-1-9-15-23-22(26)27-18-20-13-7-4-8-14-20/h3-8,11-14,24H,1-2,9-10,15-18H2,(H,23,26). The zero-order chi connectivity index (χ0) is 19.9. The molecule has 2 N–H and O–H groups in total. The smallest absolute Gasteiger partial charge is 0.407 e. The second-order valence-electron chi connectivity index (χ2n) is 6.43. The number of hydrogen-bond donors (Lipinski definition) is 2. The molecule has 6 nitrogen and oxygen atoms in total. The van der Waals surface area contributed by atoms with Crippen molar-refractivity contribution in [1.29, 1.82) is 0 Å². The summed E-state index contributed by atoms with van der Waals surface area (Å²) in [5, 5.41) is 2.75. The van der Waals surface area contributed by atoms with Crippen LogP contribution in [0.4, 0.5) is 4.79 Å². The minimum absolute atomic E-state index is 0.264. The van der Waals surface area contributed by atoms with Crippen LogP contribution in [0, 0.1) is 0 Å². The molecule has 0 saturated carbocycles. The molecule has 150 valence electrons. The van der Waals surface area contributed by atoms with E-state index in [2.05, 4.69) is 10.8 Å².